The zero-order chi connectivity index (χ0) is 12.3. The molecule has 0 fully saturated rings. The Kier molecular flexibility index (Phi) is 4.19. The van der Waals surface area contributed by atoms with Crippen molar-refractivity contribution in [1.29, 1.82) is 5.41 Å². The highest BCUT2D eigenvalue weighted by molar-refractivity contribution is 6.33. The van der Waals surface area contributed by atoms with Crippen LogP contribution < -0.4 is 10.6 Å². The van der Waals surface area contributed by atoms with Crippen LogP contribution in [0.15, 0.2) is 18.2 Å². The number of halogens is 1. The molecule has 0 saturated heterocycles. The molecule has 0 amide bonds. The Balaban J connectivity index is 3.11. The monoisotopic (exact) mass is 239 g/mol. The molecule has 0 bridgehead atoms. The van der Waals surface area contributed by atoms with E-state index in [1.54, 1.807) is 6.07 Å². The highest BCUT2D eigenvalue weighted by Crippen LogP contribution is 2.28. The van der Waals surface area contributed by atoms with Crippen LogP contribution in [0.4, 0.5) is 5.69 Å². The SMILES string of the molecule is CCN(c1ccc(C(=N)N)cc1Cl)C(C)C. The Morgan fingerprint density at radius 1 is 1.50 bits per heavy atom. The third kappa shape index (κ3) is 2.67. The fraction of sp³-hybridized carbons (Fsp3) is 0.417. The van der Waals surface area contributed by atoms with Crippen molar-refractivity contribution in [2.75, 3.05) is 11.4 Å². The maximum atomic E-state index is 7.34. The Labute approximate surface area is 102 Å². The third-order valence-electron chi connectivity index (χ3n) is 2.53. The van der Waals surface area contributed by atoms with Gasteiger partial charge in [0.15, 0.2) is 0 Å². The van der Waals surface area contributed by atoms with Crippen molar-refractivity contribution in [3.63, 3.8) is 0 Å². The molecule has 3 nitrogen and oxygen atoms in total. The first kappa shape index (κ1) is 12.8. The van der Waals surface area contributed by atoms with Crippen LogP contribution in [-0.2, 0) is 0 Å². The molecule has 1 aromatic carbocycles. The van der Waals surface area contributed by atoms with Gasteiger partial charge in [-0.2, -0.15) is 0 Å². The van der Waals surface area contributed by atoms with Crippen LogP contribution in [0.5, 0.6) is 0 Å². The van der Waals surface area contributed by atoms with Crippen LogP contribution in [0, 0.1) is 5.41 Å². The second-order valence-electron chi connectivity index (χ2n) is 3.96. The summed E-state index contributed by atoms with van der Waals surface area (Å²) in [6.45, 7) is 7.24. The standard InChI is InChI=1S/C12H18ClN3/c1-4-16(8(2)3)11-6-5-9(12(14)15)7-10(11)13/h5-8H,4H2,1-3H3,(H3,14,15). The maximum Gasteiger partial charge on any atom is 0.122 e. The molecule has 0 atom stereocenters. The normalized spacial score (nSPS) is 10.6. The number of nitrogens with zero attached hydrogens (tertiary/aromatic N) is 1. The van der Waals surface area contributed by atoms with Crippen molar-refractivity contribution in [3.8, 4) is 0 Å². The minimum atomic E-state index is 0.0426. The second-order valence-corrected chi connectivity index (χ2v) is 4.37. The third-order valence-corrected chi connectivity index (χ3v) is 2.83. The van der Waals surface area contributed by atoms with Gasteiger partial charge >= 0.3 is 0 Å². The van der Waals surface area contributed by atoms with Gasteiger partial charge < -0.3 is 10.6 Å². The summed E-state index contributed by atoms with van der Waals surface area (Å²) < 4.78 is 0. The lowest BCUT2D eigenvalue weighted by molar-refractivity contribution is 0.704. The van der Waals surface area contributed by atoms with Crippen molar-refractivity contribution >= 4 is 23.1 Å². The molecule has 0 aromatic heterocycles. The average Bonchev–Trinajstić information content (AvgIpc) is 2.20. The van der Waals surface area contributed by atoms with Crippen LogP contribution >= 0.6 is 11.6 Å². The van der Waals surface area contributed by atoms with Gasteiger partial charge in [0.25, 0.3) is 0 Å². The van der Waals surface area contributed by atoms with Crippen molar-refractivity contribution in [3.05, 3.63) is 28.8 Å². The van der Waals surface area contributed by atoms with Gasteiger partial charge in [0.1, 0.15) is 5.84 Å². The average molecular weight is 240 g/mol. The summed E-state index contributed by atoms with van der Waals surface area (Å²) in [6.07, 6.45) is 0. The molecule has 0 aliphatic rings. The van der Waals surface area contributed by atoms with E-state index in [9.17, 15) is 0 Å². The van der Waals surface area contributed by atoms with Crippen molar-refractivity contribution in [2.45, 2.75) is 26.8 Å². The van der Waals surface area contributed by atoms with Crippen LogP contribution in [-0.4, -0.2) is 18.4 Å². The van der Waals surface area contributed by atoms with Crippen molar-refractivity contribution in [1.82, 2.24) is 0 Å². The van der Waals surface area contributed by atoms with Gasteiger partial charge in [-0.25, -0.2) is 0 Å². The first-order chi connectivity index (χ1) is 7.47. The quantitative estimate of drug-likeness (QED) is 0.627. The number of hydrogen-bond acceptors (Lipinski definition) is 2. The number of nitrogens with one attached hydrogen (secondary N) is 1. The van der Waals surface area contributed by atoms with E-state index in [0.717, 1.165) is 12.2 Å². The zero-order valence-corrected chi connectivity index (χ0v) is 10.7. The molecule has 16 heavy (non-hydrogen) atoms. The van der Waals surface area contributed by atoms with E-state index >= 15 is 0 Å². The fourth-order valence-electron chi connectivity index (χ4n) is 1.72. The number of amidine groups is 1. The Hall–Kier alpha value is -1.22. The molecule has 0 aliphatic carbocycles. The predicted octanol–water partition coefficient (Wildman–Crippen LogP) is 2.86. The van der Waals surface area contributed by atoms with E-state index < -0.39 is 0 Å². The predicted molar refractivity (Wildman–Crippen MR) is 70.6 cm³/mol. The van der Waals surface area contributed by atoms with E-state index in [2.05, 4.69) is 25.7 Å². The number of hydrogen-bond donors (Lipinski definition) is 2. The van der Waals surface area contributed by atoms with Gasteiger partial charge in [0.2, 0.25) is 0 Å². The summed E-state index contributed by atoms with van der Waals surface area (Å²) in [5, 5.41) is 7.99. The summed E-state index contributed by atoms with van der Waals surface area (Å²) in [6, 6.07) is 5.88. The molecule has 4 heteroatoms. The number of nitrogen functional groups attached to an aromatic ring is 1. The Bertz CT molecular complexity index is 388. The van der Waals surface area contributed by atoms with Crippen LogP contribution in [0.2, 0.25) is 5.02 Å². The molecular weight excluding hydrogens is 222 g/mol. The molecule has 0 aliphatic heterocycles. The van der Waals surface area contributed by atoms with Gasteiger partial charge in [0, 0.05) is 18.2 Å². The molecule has 0 unspecified atom stereocenters. The van der Waals surface area contributed by atoms with Gasteiger partial charge in [-0.1, -0.05) is 11.6 Å². The van der Waals surface area contributed by atoms with Crippen molar-refractivity contribution < 1.29 is 0 Å². The summed E-state index contributed by atoms with van der Waals surface area (Å²) >= 11 is 6.20. The fourth-order valence-corrected chi connectivity index (χ4v) is 2.01. The molecule has 0 spiro atoms. The van der Waals surface area contributed by atoms with Gasteiger partial charge in [-0.3, -0.25) is 5.41 Å². The van der Waals surface area contributed by atoms with Gasteiger partial charge in [-0.05, 0) is 39.0 Å². The van der Waals surface area contributed by atoms with Crippen LogP contribution in [0.1, 0.15) is 26.3 Å². The highest BCUT2D eigenvalue weighted by Gasteiger charge is 2.12. The molecule has 0 saturated carbocycles. The maximum absolute atomic E-state index is 7.34. The first-order valence-electron chi connectivity index (χ1n) is 5.38. The Morgan fingerprint density at radius 3 is 2.50 bits per heavy atom. The molecular formula is C12H18ClN3. The molecule has 1 aromatic rings. The Morgan fingerprint density at radius 2 is 2.12 bits per heavy atom. The zero-order valence-electron chi connectivity index (χ0n) is 9.92. The van der Waals surface area contributed by atoms with E-state index in [-0.39, 0.29) is 5.84 Å². The molecule has 88 valence electrons. The largest absolute Gasteiger partial charge is 0.384 e. The van der Waals surface area contributed by atoms with Crippen LogP contribution in [0.3, 0.4) is 0 Å². The second kappa shape index (κ2) is 5.21. The summed E-state index contributed by atoms with van der Waals surface area (Å²) in [5.74, 6) is 0.0426. The lowest BCUT2D eigenvalue weighted by Crippen LogP contribution is -2.30. The number of nitrogens with two attached hydrogens (primary N) is 1. The summed E-state index contributed by atoms with van der Waals surface area (Å²) in [5.41, 5.74) is 7.06. The topological polar surface area (TPSA) is 53.1 Å². The lowest BCUT2D eigenvalue weighted by Gasteiger charge is -2.28. The minimum absolute atomic E-state index is 0.0426. The number of benzene rings is 1. The summed E-state index contributed by atoms with van der Waals surface area (Å²) in [4.78, 5) is 2.20. The highest BCUT2D eigenvalue weighted by atomic mass is 35.5. The van der Waals surface area contributed by atoms with E-state index in [1.165, 1.54) is 0 Å². The molecule has 1 rings (SSSR count). The number of anilines is 1. The molecule has 0 radical (unpaired) electrons. The number of rotatable bonds is 4. The smallest absolute Gasteiger partial charge is 0.122 e. The van der Waals surface area contributed by atoms with E-state index in [0.29, 0.717) is 16.6 Å². The van der Waals surface area contributed by atoms with E-state index in [4.69, 9.17) is 22.7 Å². The lowest BCUT2D eigenvalue weighted by atomic mass is 10.1. The first-order valence-corrected chi connectivity index (χ1v) is 5.75. The van der Waals surface area contributed by atoms with Gasteiger partial charge in [0.05, 0.1) is 10.7 Å². The van der Waals surface area contributed by atoms with E-state index in [1.807, 2.05) is 12.1 Å². The van der Waals surface area contributed by atoms with Gasteiger partial charge in [-0.15, -0.1) is 0 Å². The molecule has 0 heterocycles. The minimum Gasteiger partial charge on any atom is -0.384 e. The van der Waals surface area contributed by atoms with Crippen LogP contribution in [0.25, 0.3) is 0 Å². The summed E-state index contributed by atoms with van der Waals surface area (Å²) in [7, 11) is 0. The van der Waals surface area contributed by atoms with Crippen molar-refractivity contribution in [2.24, 2.45) is 5.73 Å². The molecule has 3 N–H and O–H groups in total.